The summed E-state index contributed by atoms with van der Waals surface area (Å²) in [5, 5.41) is 2.82. The number of hydrogen-bond donors (Lipinski definition) is 1. The van der Waals surface area contributed by atoms with Crippen LogP contribution in [0.25, 0.3) is 11.0 Å². The van der Waals surface area contributed by atoms with Crippen molar-refractivity contribution < 1.29 is 14.3 Å². The molecule has 1 aromatic heterocycles. The van der Waals surface area contributed by atoms with E-state index in [4.69, 9.17) is 4.74 Å². The monoisotopic (exact) mass is 378 g/mol. The van der Waals surface area contributed by atoms with E-state index < -0.39 is 11.5 Å². The van der Waals surface area contributed by atoms with Gasteiger partial charge in [-0.15, -0.1) is 0 Å². The summed E-state index contributed by atoms with van der Waals surface area (Å²) in [6.45, 7) is 4.03. The van der Waals surface area contributed by atoms with E-state index in [-0.39, 0.29) is 12.5 Å². The summed E-state index contributed by atoms with van der Waals surface area (Å²) >= 11 is 0. The molecule has 0 saturated heterocycles. The second kappa shape index (κ2) is 6.67. The van der Waals surface area contributed by atoms with Crippen LogP contribution in [-0.4, -0.2) is 33.5 Å². The number of carbonyl (C=O) groups is 2. The maximum Gasteiger partial charge on any atom is 0.280 e. The predicted octanol–water partition coefficient (Wildman–Crippen LogP) is 2.39. The molecule has 0 aliphatic carbocycles. The third kappa shape index (κ3) is 2.70. The van der Waals surface area contributed by atoms with E-state index in [1.165, 1.54) is 6.92 Å². The molecule has 0 bridgehead atoms. The van der Waals surface area contributed by atoms with Crippen LogP contribution in [0.2, 0.25) is 0 Å². The van der Waals surface area contributed by atoms with Gasteiger partial charge in [0.2, 0.25) is 0 Å². The van der Waals surface area contributed by atoms with Crippen molar-refractivity contribution in [2.75, 3.05) is 11.4 Å². The van der Waals surface area contributed by atoms with Crippen molar-refractivity contribution in [3.63, 3.8) is 0 Å². The normalized spacial score (nSPS) is 18.7. The lowest BCUT2D eigenvalue weighted by Gasteiger charge is -2.39. The molecule has 1 atom stereocenters. The molecule has 7 heteroatoms. The van der Waals surface area contributed by atoms with E-state index in [2.05, 4.69) is 10.3 Å². The highest BCUT2D eigenvalue weighted by Crippen LogP contribution is 2.37. The first-order valence-corrected chi connectivity index (χ1v) is 9.24. The molecule has 2 amide bonds. The van der Waals surface area contributed by atoms with Crippen molar-refractivity contribution in [3.05, 3.63) is 54.4 Å². The van der Waals surface area contributed by atoms with Gasteiger partial charge in [0.15, 0.2) is 0 Å². The first-order chi connectivity index (χ1) is 13.5. The number of nitrogens with one attached hydrogen (secondary N) is 1. The Morgan fingerprint density at radius 2 is 1.89 bits per heavy atom. The summed E-state index contributed by atoms with van der Waals surface area (Å²) in [4.78, 5) is 32.1. The summed E-state index contributed by atoms with van der Waals surface area (Å²) in [6, 6.07) is 15.0. The van der Waals surface area contributed by atoms with Crippen LogP contribution in [0, 0.1) is 0 Å². The van der Waals surface area contributed by atoms with Gasteiger partial charge < -0.3 is 19.5 Å². The summed E-state index contributed by atoms with van der Waals surface area (Å²) in [5.74, 6) is 0.354. The lowest BCUT2D eigenvalue weighted by Crippen LogP contribution is -2.62. The highest BCUT2D eigenvalue weighted by molar-refractivity contribution is 6.16. The quantitative estimate of drug-likeness (QED) is 0.708. The van der Waals surface area contributed by atoms with Crippen LogP contribution in [-0.2, 0) is 23.2 Å². The third-order valence-electron chi connectivity index (χ3n) is 5.16. The maximum absolute atomic E-state index is 13.0. The van der Waals surface area contributed by atoms with Gasteiger partial charge in [0.1, 0.15) is 11.6 Å². The topological polar surface area (TPSA) is 76.5 Å². The van der Waals surface area contributed by atoms with Crippen molar-refractivity contribution in [2.24, 2.45) is 7.05 Å². The van der Waals surface area contributed by atoms with Crippen molar-refractivity contribution in [1.29, 1.82) is 0 Å². The number of aryl methyl sites for hydroxylation is 1. The molecule has 0 radical (unpaired) electrons. The molecule has 1 aliphatic heterocycles. The molecule has 0 spiro atoms. The molecule has 2 aromatic carbocycles. The Morgan fingerprint density at radius 1 is 1.18 bits per heavy atom. The second-order valence-corrected chi connectivity index (χ2v) is 6.91. The average molecular weight is 378 g/mol. The first-order valence-electron chi connectivity index (χ1n) is 9.24. The van der Waals surface area contributed by atoms with Crippen LogP contribution in [0.4, 0.5) is 5.69 Å². The number of fused-ring (bicyclic) bond motifs is 2. The fourth-order valence-electron chi connectivity index (χ4n) is 3.54. The number of amides is 2. The molecule has 144 valence electrons. The molecule has 3 aromatic rings. The van der Waals surface area contributed by atoms with Crippen LogP contribution < -0.4 is 15.0 Å². The number of ether oxygens (including phenoxy) is 1. The van der Waals surface area contributed by atoms with Crippen LogP contribution >= 0.6 is 0 Å². The van der Waals surface area contributed by atoms with E-state index in [1.807, 2.05) is 61.0 Å². The molecule has 0 fully saturated rings. The van der Waals surface area contributed by atoms with Gasteiger partial charge in [-0.05, 0) is 38.1 Å². The fourth-order valence-corrected chi connectivity index (χ4v) is 3.54. The second-order valence-electron chi connectivity index (χ2n) is 6.91. The number of hydrogen-bond acceptors (Lipinski definition) is 4. The molecular weight excluding hydrogens is 356 g/mol. The van der Waals surface area contributed by atoms with E-state index in [9.17, 15) is 9.59 Å². The highest BCUT2D eigenvalue weighted by atomic mass is 16.5. The van der Waals surface area contributed by atoms with Gasteiger partial charge in [0.25, 0.3) is 17.4 Å². The zero-order valence-corrected chi connectivity index (χ0v) is 16.1. The minimum Gasteiger partial charge on any atom is -0.466 e. The Hall–Kier alpha value is -3.35. The summed E-state index contributed by atoms with van der Waals surface area (Å²) in [7, 11) is 1.90. The standard InChI is InChI=1S/C21H22N4O3/c1-4-25-16-11-7-8-12-17(16)28-21(2,20(25)27)19(26)22-13-18-23-14-9-5-6-10-15(14)24(18)3/h5-12H,4,13H2,1-3H3,(H,22,26). The molecule has 2 heterocycles. The van der Waals surface area contributed by atoms with Crippen molar-refractivity contribution in [3.8, 4) is 5.75 Å². The summed E-state index contributed by atoms with van der Waals surface area (Å²) in [5.41, 5.74) is 0.885. The molecular formula is C21H22N4O3. The SMILES string of the molecule is CCN1C(=O)C(C)(C(=O)NCc2nc3ccccc3n2C)Oc2ccccc21. The lowest BCUT2D eigenvalue weighted by molar-refractivity contribution is -0.148. The van der Waals surface area contributed by atoms with Gasteiger partial charge in [0, 0.05) is 13.6 Å². The first kappa shape index (κ1) is 18.0. The Balaban J connectivity index is 1.58. The lowest BCUT2D eigenvalue weighted by atomic mass is 10.00. The van der Waals surface area contributed by atoms with E-state index in [0.717, 1.165) is 11.0 Å². The van der Waals surface area contributed by atoms with Gasteiger partial charge in [-0.25, -0.2) is 4.98 Å². The predicted molar refractivity (Wildman–Crippen MR) is 106 cm³/mol. The van der Waals surface area contributed by atoms with Crippen LogP contribution in [0.15, 0.2) is 48.5 Å². The van der Waals surface area contributed by atoms with Gasteiger partial charge in [-0.2, -0.15) is 0 Å². The van der Waals surface area contributed by atoms with Gasteiger partial charge in [0.05, 0.1) is 23.3 Å². The molecule has 1 unspecified atom stereocenters. The zero-order chi connectivity index (χ0) is 19.9. The molecule has 4 rings (SSSR count). The molecule has 28 heavy (non-hydrogen) atoms. The van der Waals surface area contributed by atoms with E-state index in [1.54, 1.807) is 11.0 Å². The average Bonchev–Trinajstić information content (AvgIpc) is 3.03. The number of anilines is 1. The number of likely N-dealkylation sites (N-methyl/N-ethyl adjacent to an activating group) is 1. The molecule has 7 nitrogen and oxygen atoms in total. The Labute approximate surface area is 162 Å². The van der Waals surface area contributed by atoms with Gasteiger partial charge in [-0.1, -0.05) is 24.3 Å². The smallest absolute Gasteiger partial charge is 0.280 e. The van der Waals surface area contributed by atoms with E-state index in [0.29, 0.717) is 23.8 Å². The van der Waals surface area contributed by atoms with Crippen LogP contribution in [0.1, 0.15) is 19.7 Å². The van der Waals surface area contributed by atoms with Crippen molar-refractivity contribution in [2.45, 2.75) is 26.0 Å². The molecule has 1 N–H and O–H groups in total. The molecule has 1 aliphatic rings. The number of benzene rings is 2. The fraction of sp³-hybridized carbons (Fsp3) is 0.286. The summed E-state index contributed by atoms with van der Waals surface area (Å²) < 4.78 is 7.80. The number of carbonyl (C=O) groups excluding carboxylic acids is 2. The number of nitrogens with zero attached hydrogens (tertiary/aromatic N) is 3. The van der Waals surface area contributed by atoms with Crippen LogP contribution in [0.3, 0.4) is 0 Å². The maximum atomic E-state index is 13.0. The van der Waals surface area contributed by atoms with Crippen molar-refractivity contribution in [1.82, 2.24) is 14.9 Å². The van der Waals surface area contributed by atoms with Crippen molar-refractivity contribution >= 4 is 28.5 Å². The number of rotatable bonds is 4. The number of aromatic nitrogens is 2. The Morgan fingerprint density at radius 3 is 2.64 bits per heavy atom. The number of para-hydroxylation sites is 4. The zero-order valence-electron chi connectivity index (χ0n) is 16.1. The highest BCUT2D eigenvalue weighted by Gasteiger charge is 2.50. The van der Waals surface area contributed by atoms with E-state index >= 15 is 0 Å². The third-order valence-corrected chi connectivity index (χ3v) is 5.16. The van der Waals surface area contributed by atoms with Gasteiger partial charge in [-0.3, -0.25) is 9.59 Å². The number of imidazole rings is 1. The minimum absolute atomic E-state index is 0.198. The van der Waals surface area contributed by atoms with Crippen LogP contribution in [0.5, 0.6) is 5.75 Å². The Kier molecular flexibility index (Phi) is 4.30. The largest absolute Gasteiger partial charge is 0.466 e. The Bertz CT molecular complexity index is 1070. The van der Waals surface area contributed by atoms with Gasteiger partial charge >= 0.3 is 0 Å². The molecule has 0 saturated carbocycles. The minimum atomic E-state index is -1.63. The summed E-state index contributed by atoms with van der Waals surface area (Å²) in [6.07, 6.45) is 0.